The molecule has 1 aliphatic heterocycles. The smallest absolute Gasteiger partial charge is 0.338 e. The van der Waals surface area contributed by atoms with E-state index in [1.54, 1.807) is 84.9 Å². The van der Waals surface area contributed by atoms with Crippen molar-refractivity contribution in [2.75, 3.05) is 6.61 Å². The number of carbonyl (C=O) groups excluding carboxylic acids is 4. The Morgan fingerprint density at radius 2 is 0.841 bits per heavy atom. The van der Waals surface area contributed by atoms with Gasteiger partial charge in [-0.05, 0) is 48.5 Å². The molecule has 10 nitrogen and oxygen atoms in total. The minimum atomic E-state index is -1.86. The van der Waals surface area contributed by atoms with Crippen LogP contribution in [0.5, 0.6) is 0 Å². The van der Waals surface area contributed by atoms with Gasteiger partial charge in [-0.1, -0.05) is 72.8 Å². The molecular formula is C34H28O10. The van der Waals surface area contributed by atoms with Crippen LogP contribution in [0, 0.1) is 0 Å². The van der Waals surface area contributed by atoms with Crippen molar-refractivity contribution in [1.82, 2.24) is 0 Å². The van der Waals surface area contributed by atoms with Gasteiger partial charge in [-0.25, -0.2) is 19.2 Å². The maximum Gasteiger partial charge on any atom is 0.338 e. The van der Waals surface area contributed by atoms with E-state index in [-0.39, 0.29) is 22.3 Å². The normalized spacial score (nSPS) is 21.0. The topological polar surface area (TPSA) is 135 Å². The fraction of sp³-hybridized carbons (Fsp3) is 0.176. The molecule has 1 saturated heterocycles. The molecule has 4 aromatic carbocycles. The van der Waals surface area contributed by atoms with Crippen molar-refractivity contribution in [2.45, 2.75) is 30.7 Å². The molecule has 10 heteroatoms. The zero-order chi connectivity index (χ0) is 30.9. The summed E-state index contributed by atoms with van der Waals surface area (Å²) in [4.78, 5) is 52.3. The van der Waals surface area contributed by atoms with Gasteiger partial charge in [-0.2, -0.15) is 0 Å². The number of rotatable bonds is 9. The van der Waals surface area contributed by atoms with Gasteiger partial charge in [0.2, 0.25) is 0 Å². The van der Waals surface area contributed by atoms with Crippen molar-refractivity contribution >= 4 is 23.9 Å². The van der Waals surface area contributed by atoms with Gasteiger partial charge in [0.15, 0.2) is 24.6 Å². The van der Waals surface area contributed by atoms with Crippen LogP contribution in [0.3, 0.4) is 0 Å². The van der Waals surface area contributed by atoms with E-state index in [1.807, 2.05) is 0 Å². The van der Waals surface area contributed by atoms with Gasteiger partial charge in [-0.15, -0.1) is 0 Å². The van der Waals surface area contributed by atoms with Gasteiger partial charge in [0.05, 0.1) is 22.3 Å². The van der Waals surface area contributed by atoms with Crippen molar-refractivity contribution in [3.05, 3.63) is 144 Å². The number of aliphatic hydroxyl groups excluding tert-OH is 1. The Bertz CT molecular complexity index is 1560. The summed E-state index contributed by atoms with van der Waals surface area (Å²) in [5.41, 5.74) is 0.736. The van der Waals surface area contributed by atoms with Gasteiger partial charge in [-0.3, -0.25) is 0 Å². The molecule has 0 bridgehead atoms. The quantitative estimate of drug-likeness (QED) is 0.221. The maximum absolute atomic E-state index is 13.3. The van der Waals surface area contributed by atoms with Gasteiger partial charge in [0.1, 0.15) is 12.7 Å². The summed E-state index contributed by atoms with van der Waals surface area (Å²) in [5.74, 6) is -3.21. The lowest BCUT2D eigenvalue weighted by Gasteiger charge is -2.42. The third-order valence-corrected chi connectivity index (χ3v) is 6.76. The average molecular weight is 597 g/mol. The highest BCUT2D eigenvalue weighted by atomic mass is 16.7. The molecule has 0 spiro atoms. The first kappa shape index (κ1) is 30.1. The highest BCUT2D eigenvalue weighted by molar-refractivity contribution is 5.91. The molecule has 0 aliphatic carbocycles. The summed E-state index contributed by atoms with van der Waals surface area (Å²) >= 11 is 0. The number of aliphatic hydroxyl groups is 1. The Labute approximate surface area is 252 Å². The maximum atomic E-state index is 13.3. The Morgan fingerprint density at radius 3 is 1.25 bits per heavy atom. The van der Waals surface area contributed by atoms with E-state index in [0.717, 1.165) is 0 Å². The first-order valence-electron chi connectivity index (χ1n) is 13.7. The zero-order valence-electron chi connectivity index (χ0n) is 23.3. The Hall–Kier alpha value is -5.32. The first-order valence-corrected chi connectivity index (χ1v) is 13.7. The number of hydrogen-bond acceptors (Lipinski definition) is 10. The van der Waals surface area contributed by atoms with Gasteiger partial charge in [0.25, 0.3) is 0 Å². The molecule has 5 rings (SSSR count). The number of esters is 4. The van der Waals surface area contributed by atoms with Crippen LogP contribution in [0.2, 0.25) is 0 Å². The molecule has 0 radical (unpaired) electrons. The molecule has 0 saturated carbocycles. The zero-order valence-corrected chi connectivity index (χ0v) is 23.3. The van der Waals surface area contributed by atoms with Crippen molar-refractivity contribution in [3.8, 4) is 0 Å². The predicted octanol–water partition coefficient (Wildman–Crippen LogP) is 4.24. The van der Waals surface area contributed by atoms with E-state index < -0.39 is 61.2 Å². The van der Waals surface area contributed by atoms with E-state index in [0.29, 0.717) is 0 Å². The number of ether oxygens (including phenoxy) is 5. The molecule has 1 heterocycles. The SMILES string of the molecule is O=C(OC[C@@H]1O[C@@H](O)[C@@H](OC(=O)c2ccccc2)[C@@H](OC(=O)c2ccccc2)[C@@H]1OC(=O)c1ccccc1)c1ccccc1. The first-order chi connectivity index (χ1) is 21.4. The number of hydrogen-bond donors (Lipinski definition) is 1. The van der Waals surface area contributed by atoms with Crippen LogP contribution in [0.4, 0.5) is 0 Å². The molecule has 1 aliphatic rings. The van der Waals surface area contributed by atoms with Crippen LogP contribution in [0.15, 0.2) is 121 Å². The summed E-state index contributed by atoms with van der Waals surface area (Å²) in [7, 11) is 0. The van der Waals surface area contributed by atoms with E-state index >= 15 is 0 Å². The minimum Gasteiger partial charge on any atom is -0.459 e. The lowest BCUT2D eigenvalue weighted by Crippen LogP contribution is -2.62. The average Bonchev–Trinajstić information content (AvgIpc) is 3.07. The fourth-order valence-corrected chi connectivity index (χ4v) is 4.54. The highest BCUT2D eigenvalue weighted by Gasteiger charge is 2.52. The predicted molar refractivity (Wildman–Crippen MR) is 155 cm³/mol. The summed E-state index contributed by atoms with van der Waals surface area (Å²) in [5, 5.41) is 11.1. The molecule has 0 unspecified atom stereocenters. The largest absolute Gasteiger partial charge is 0.459 e. The molecule has 44 heavy (non-hydrogen) atoms. The Kier molecular flexibility index (Phi) is 9.75. The summed E-state index contributed by atoms with van der Waals surface area (Å²) in [6.07, 6.45) is -7.89. The third kappa shape index (κ3) is 7.35. The van der Waals surface area contributed by atoms with Gasteiger partial charge in [0, 0.05) is 0 Å². The van der Waals surface area contributed by atoms with Crippen molar-refractivity contribution in [2.24, 2.45) is 0 Å². The molecule has 4 aromatic rings. The van der Waals surface area contributed by atoms with Crippen molar-refractivity contribution in [1.29, 1.82) is 0 Å². The lowest BCUT2D eigenvalue weighted by atomic mass is 9.97. The molecule has 0 amide bonds. The van der Waals surface area contributed by atoms with E-state index in [4.69, 9.17) is 23.7 Å². The second kappa shape index (κ2) is 14.2. The molecule has 1 fully saturated rings. The molecule has 224 valence electrons. The lowest BCUT2D eigenvalue weighted by molar-refractivity contribution is -0.284. The van der Waals surface area contributed by atoms with Crippen LogP contribution < -0.4 is 0 Å². The third-order valence-electron chi connectivity index (χ3n) is 6.76. The van der Waals surface area contributed by atoms with Crippen molar-refractivity contribution in [3.63, 3.8) is 0 Å². The van der Waals surface area contributed by atoms with Gasteiger partial charge < -0.3 is 28.8 Å². The van der Waals surface area contributed by atoms with Crippen LogP contribution in [0.25, 0.3) is 0 Å². The second-order valence-corrected chi connectivity index (χ2v) is 9.74. The fourth-order valence-electron chi connectivity index (χ4n) is 4.54. The standard InChI is InChI=1S/C34H28O10/c35-30(22-13-5-1-6-14-22)40-21-26-27(42-31(36)23-15-7-2-8-16-23)28(43-32(37)24-17-9-3-10-18-24)29(34(39)41-26)44-33(38)25-19-11-4-12-20-25/h1-20,26-29,34,39H,21H2/t26-,27+,28-,29-,34+/m0/s1. The second-order valence-electron chi connectivity index (χ2n) is 9.74. The van der Waals surface area contributed by atoms with Crippen LogP contribution in [-0.4, -0.2) is 66.3 Å². The molecule has 5 atom stereocenters. The molecule has 1 N–H and O–H groups in total. The Balaban J connectivity index is 1.48. The molecular weight excluding hydrogens is 568 g/mol. The van der Waals surface area contributed by atoms with E-state index in [9.17, 15) is 24.3 Å². The number of benzene rings is 4. The Morgan fingerprint density at radius 1 is 0.500 bits per heavy atom. The highest BCUT2D eigenvalue weighted by Crippen LogP contribution is 2.30. The van der Waals surface area contributed by atoms with E-state index in [2.05, 4.69) is 0 Å². The number of carbonyl (C=O) groups is 4. The van der Waals surface area contributed by atoms with Gasteiger partial charge >= 0.3 is 23.9 Å². The monoisotopic (exact) mass is 596 g/mol. The summed E-state index contributed by atoms with van der Waals surface area (Å²) in [6.45, 7) is -0.504. The van der Waals surface area contributed by atoms with Crippen LogP contribution >= 0.6 is 0 Å². The molecule has 0 aromatic heterocycles. The summed E-state index contributed by atoms with van der Waals surface area (Å²) < 4.78 is 28.4. The van der Waals surface area contributed by atoms with Crippen molar-refractivity contribution < 1.29 is 48.0 Å². The summed E-state index contributed by atoms with van der Waals surface area (Å²) in [6, 6.07) is 32.1. The van der Waals surface area contributed by atoms with E-state index in [1.165, 1.54) is 36.4 Å². The van der Waals surface area contributed by atoms with Crippen LogP contribution in [0.1, 0.15) is 41.4 Å². The van der Waals surface area contributed by atoms with Crippen LogP contribution in [-0.2, 0) is 23.7 Å². The minimum absolute atomic E-state index is 0.154.